The van der Waals surface area contributed by atoms with Crippen molar-refractivity contribution in [3.05, 3.63) is 55.5 Å². The van der Waals surface area contributed by atoms with Gasteiger partial charge < -0.3 is 19.6 Å². The summed E-state index contributed by atoms with van der Waals surface area (Å²) in [6, 6.07) is 9.99. The Hall–Kier alpha value is -3.61. The van der Waals surface area contributed by atoms with Gasteiger partial charge in [-0.3, -0.25) is 4.79 Å². The minimum absolute atomic E-state index is 0.0504. The largest absolute Gasteiger partial charge is 0.456 e. The summed E-state index contributed by atoms with van der Waals surface area (Å²) in [7, 11) is 0. The van der Waals surface area contributed by atoms with E-state index in [0.717, 1.165) is 39.7 Å². The molecule has 1 atom stereocenters. The van der Waals surface area contributed by atoms with Crippen molar-refractivity contribution in [2.75, 3.05) is 18.8 Å². The fourth-order valence-corrected chi connectivity index (χ4v) is 3.99. The third kappa shape index (κ3) is 2.47. The number of benzene rings is 1. The number of nitrogens with two attached hydrogens (primary N) is 1. The fourth-order valence-electron chi connectivity index (χ4n) is 3.99. The van der Waals surface area contributed by atoms with Crippen molar-refractivity contribution in [1.82, 2.24) is 19.4 Å². The number of nitrogen functional groups attached to an aromatic ring is 1. The van der Waals surface area contributed by atoms with Gasteiger partial charge in [0, 0.05) is 30.2 Å². The van der Waals surface area contributed by atoms with E-state index in [1.54, 1.807) is 4.90 Å². The van der Waals surface area contributed by atoms with Gasteiger partial charge in [-0.2, -0.15) is 0 Å². The molecular formula is C21H19N5O2. The van der Waals surface area contributed by atoms with Gasteiger partial charge in [0.1, 0.15) is 29.1 Å². The molecule has 4 heterocycles. The van der Waals surface area contributed by atoms with Crippen LogP contribution in [-0.4, -0.2) is 38.4 Å². The molecule has 5 rings (SSSR count). The molecule has 0 saturated carbocycles. The van der Waals surface area contributed by atoms with Gasteiger partial charge in [0.2, 0.25) is 5.91 Å². The van der Waals surface area contributed by atoms with Crippen LogP contribution in [-0.2, 0) is 4.79 Å². The highest BCUT2D eigenvalue weighted by atomic mass is 16.3. The lowest BCUT2D eigenvalue weighted by molar-refractivity contribution is -0.125. The summed E-state index contributed by atoms with van der Waals surface area (Å²) in [5, 5.41) is 1.80. The number of rotatable bonds is 3. The third-order valence-electron chi connectivity index (χ3n) is 5.37. The molecule has 28 heavy (non-hydrogen) atoms. The maximum atomic E-state index is 12.0. The third-order valence-corrected chi connectivity index (χ3v) is 5.37. The van der Waals surface area contributed by atoms with Crippen molar-refractivity contribution in [2.24, 2.45) is 0 Å². The number of anilines is 1. The maximum absolute atomic E-state index is 12.0. The van der Waals surface area contributed by atoms with Gasteiger partial charge in [0.05, 0.1) is 11.4 Å². The first kappa shape index (κ1) is 16.6. The van der Waals surface area contributed by atoms with Crippen molar-refractivity contribution in [3.8, 4) is 11.3 Å². The van der Waals surface area contributed by atoms with E-state index in [9.17, 15) is 4.79 Å². The van der Waals surface area contributed by atoms with Gasteiger partial charge in [0.15, 0.2) is 0 Å². The second kappa shape index (κ2) is 6.23. The summed E-state index contributed by atoms with van der Waals surface area (Å²) in [5.74, 6) is 1.09. The average Bonchev–Trinajstić information content (AvgIpc) is 3.43. The number of likely N-dealkylation sites (tertiary alicyclic amines) is 1. The monoisotopic (exact) mass is 373 g/mol. The number of carbonyl (C=O) groups excluding carboxylic acids is 1. The van der Waals surface area contributed by atoms with Gasteiger partial charge in [-0.25, -0.2) is 9.97 Å². The van der Waals surface area contributed by atoms with Crippen LogP contribution in [0.25, 0.3) is 33.3 Å². The van der Waals surface area contributed by atoms with Crippen LogP contribution in [0.2, 0.25) is 0 Å². The van der Waals surface area contributed by atoms with E-state index in [1.165, 1.54) is 12.4 Å². The lowest BCUT2D eigenvalue weighted by Gasteiger charge is -2.15. The minimum Gasteiger partial charge on any atom is -0.456 e. The molecule has 1 unspecified atom stereocenters. The highest BCUT2D eigenvalue weighted by Crippen LogP contribution is 2.38. The Morgan fingerprint density at radius 2 is 2.18 bits per heavy atom. The number of furan rings is 1. The van der Waals surface area contributed by atoms with E-state index in [4.69, 9.17) is 10.2 Å². The van der Waals surface area contributed by atoms with Crippen LogP contribution in [0.3, 0.4) is 0 Å². The van der Waals surface area contributed by atoms with Gasteiger partial charge in [-0.1, -0.05) is 24.8 Å². The summed E-state index contributed by atoms with van der Waals surface area (Å²) < 4.78 is 8.16. The lowest BCUT2D eigenvalue weighted by atomic mass is 10.1. The van der Waals surface area contributed by atoms with Gasteiger partial charge in [0.25, 0.3) is 0 Å². The van der Waals surface area contributed by atoms with Crippen LogP contribution in [0.15, 0.2) is 59.9 Å². The molecule has 140 valence electrons. The molecule has 0 spiro atoms. The van der Waals surface area contributed by atoms with Crippen molar-refractivity contribution >= 4 is 33.7 Å². The molecule has 1 amide bonds. The molecule has 0 aliphatic carbocycles. The Labute approximate surface area is 161 Å². The number of amides is 1. The average molecular weight is 373 g/mol. The summed E-state index contributed by atoms with van der Waals surface area (Å²) in [6.45, 7) is 4.88. The number of fused-ring (bicyclic) bond motifs is 2. The predicted molar refractivity (Wildman–Crippen MR) is 108 cm³/mol. The number of hydrogen-bond donors (Lipinski definition) is 1. The summed E-state index contributed by atoms with van der Waals surface area (Å²) >= 11 is 0. The second-order valence-electron chi connectivity index (χ2n) is 6.99. The molecular weight excluding hydrogens is 354 g/mol. The number of carbonyl (C=O) groups is 1. The minimum atomic E-state index is -0.0504. The van der Waals surface area contributed by atoms with Crippen molar-refractivity contribution < 1.29 is 9.21 Å². The zero-order valence-corrected chi connectivity index (χ0v) is 15.2. The molecule has 3 aromatic heterocycles. The van der Waals surface area contributed by atoms with E-state index >= 15 is 0 Å². The zero-order chi connectivity index (χ0) is 19.3. The molecule has 2 N–H and O–H groups in total. The highest BCUT2D eigenvalue weighted by Gasteiger charge is 2.29. The molecule has 4 aromatic rings. The highest BCUT2D eigenvalue weighted by molar-refractivity contribution is 6.01. The van der Waals surface area contributed by atoms with E-state index in [1.807, 2.05) is 36.5 Å². The first-order chi connectivity index (χ1) is 13.7. The van der Waals surface area contributed by atoms with Crippen LogP contribution in [0.5, 0.6) is 0 Å². The van der Waals surface area contributed by atoms with E-state index in [-0.39, 0.29) is 11.9 Å². The number of para-hydroxylation sites is 1. The number of nitrogens with zero attached hydrogens (tertiary/aromatic N) is 4. The van der Waals surface area contributed by atoms with Gasteiger partial charge >= 0.3 is 0 Å². The van der Waals surface area contributed by atoms with Crippen LogP contribution in [0.4, 0.5) is 5.82 Å². The Bertz CT molecular complexity index is 1190. The smallest absolute Gasteiger partial charge is 0.246 e. The normalized spacial score (nSPS) is 16.9. The Morgan fingerprint density at radius 1 is 1.32 bits per heavy atom. The quantitative estimate of drug-likeness (QED) is 0.556. The molecule has 1 aromatic carbocycles. The van der Waals surface area contributed by atoms with Crippen molar-refractivity contribution in [3.63, 3.8) is 0 Å². The van der Waals surface area contributed by atoms with Crippen LogP contribution >= 0.6 is 0 Å². The fraction of sp³-hybridized carbons (Fsp3) is 0.190. The van der Waals surface area contributed by atoms with Crippen molar-refractivity contribution in [1.29, 1.82) is 0 Å². The lowest BCUT2D eigenvalue weighted by Crippen LogP contribution is -2.27. The molecule has 7 nitrogen and oxygen atoms in total. The van der Waals surface area contributed by atoms with Crippen LogP contribution in [0, 0.1) is 0 Å². The van der Waals surface area contributed by atoms with Crippen LogP contribution in [0.1, 0.15) is 12.5 Å². The van der Waals surface area contributed by atoms with Gasteiger partial charge in [-0.15, -0.1) is 0 Å². The molecule has 1 aliphatic heterocycles. The van der Waals surface area contributed by atoms with Gasteiger partial charge in [-0.05, 0) is 24.6 Å². The number of aromatic nitrogens is 3. The van der Waals surface area contributed by atoms with Crippen molar-refractivity contribution in [2.45, 2.75) is 12.5 Å². The second-order valence-corrected chi connectivity index (χ2v) is 6.99. The molecule has 1 saturated heterocycles. The molecule has 7 heteroatoms. The molecule has 0 radical (unpaired) electrons. The maximum Gasteiger partial charge on any atom is 0.246 e. The molecule has 1 fully saturated rings. The topological polar surface area (TPSA) is 90.2 Å². The first-order valence-electron chi connectivity index (χ1n) is 9.17. The standard InChI is InChI=1S/C21H19N5O2/c1-2-18(27)25-8-7-14(10-25)26-11-15(19-20(22)23-12-24-21(19)26)17-9-13-5-3-4-6-16(13)28-17/h2-6,9,11-12,14H,1,7-8,10H2,(H2,22,23,24). The Kier molecular flexibility index (Phi) is 3.68. The van der Waals surface area contributed by atoms with Crippen LogP contribution < -0.4 is 5.73 Å². The first-order valence-corrected chi connectivity index (χ1v) is 9.17. The summed E-state index contributed by atoms with van der Waals surface area (Å²) in [5.41, 5.74) is 8.64. The van der Waals surface area contributed by atoms with E-state index < -0.39 is 0 Å². The predicted octanol–water partition coefficient (Wildman–Crippen LogP) is 3.39. The molecule has 1 aliphatic rings. The number of hydrogen-bond acceptors (Lipinski definition) is 5. The van der Waals surface area contributed by atoms with E-state index in [0.29, 0.717) is 18.9 Å². The SMILES string of the molecule is C=CC(=O)N1CCC(n2cc(-c3cc4ccccc4o3)c3c(N)ncnc32)C1. The summed E-state index contributed by atoms with van der Waals surface area (Å²) in [6.07, 6.45) is 5.68. The van der Waals surface area contributed by atoms with E-state index in [2.05, 4.69) is 21.1 Å². The summed E-state index contributed by atoms with van der Waals surface area (Å²) in [4.78, 5) is 22.4. The Morgan fingerprint density at radius 3 is 3.00 bits per heavy atom. The zero-order valence-electron chi connectivity index (χ0n) is 15.2. The Balaban J connectivity index is 1.65. The molecule has 0 bridgehead atoms.